The minimum Gasteiger partial charge on any atom is -0.490 e. The van der Waals surface area contributed by atoms with Crippen molar-refractivity contribution in [2.75, 3.05) is 12.4 Å². The van der Waals surface area contributed by atoms with E-state index in [4.69, 9.17) is 4.74 Å². The van der Waals surface area contributed by atoms with Gasteiger partial charge in [0.1, 0.15) is 0 Å². The van der Waals surface area contributed by atoms with E-state index in [1.807, 2.05) is 0 Å². The minimum absolute atomic E-state index is 0.0901. The molecule has 0 saturated heterocycles. The molecule has 2 amide bonds. The number of nitrogens with zero attached hydrogens (tertiary/aromatic N) is 1. The predicted octanol–water partition coefficient (Wildman–Crippen LogP) is 2.11. The van der Waals surface area contributed by atoms with Crippen LogP contribution in [0.15, 0.2) is 53.4 Å². The van der Waals surface area contributed by atoms with Gasteiger partial charge in [0.25, 0.3) is 10.0 Å². The number of ether oxygens (including phenoxy) is 1. The van der Waals surface area contributed by atoms with Crippen LogP contribution in [0.1, 0.15) is 0 Å². The fraction of sp³-hybridized carbons (Fsp3) is 0.0714. The molecule has 9 nitrogen and oxygen atoms in total. The quantitative estimate of drug-likeness (QED) is 0.627. The fourth-order valence-electron chi connectivity index (χ4n) is 1.84. The molecule has 2 N–H and O–H groups in total. The number of hydrogen-bond donors (Lipinski definition) is 2. The number of nitro groups is 1. The molecule has 2 aromatic carbocycles. The number of methoxy groups -OCH3 is 1. The largest absolute Gasteiger partial charge is 0.490 e. The van der Waals surface area contributed by atoms with Crippen LogP contribution in [0, 0.1) is 10.1 Å². The zero-order valence-electron chi connectivity index (χ0n) is 12.4. The molecule has 0 aliphatic heterocycles. The molecule has 0 aliphatic carbocycles. The summed E-state index contributed by atoms with van der Waals surface area (Å²) in [5, 5.41) is 13.3. The average molecular weight is 351 g/mol. The van der Waals surface area contributed by atoms with Crippen molar-refractivity contribution >= 4 is 27.4 Å². The lowest BCUT2D eigenvalue weighted by Crippen LogP contribution is -2.34. The van der Waals surface area contributed by atoms with E-state index in [2.05, 4.69) is 5.32 Å². The Bertz CT molecular complexity index is 867. The number of rotatable bonds is 5. The van der Waals surface area contributed by atoms with Gasteiger partial charge in [0.05, 0.1) is 16.9 Å². The summed E-state index contributed by atoms with van der Waals surface area (Å²) in [6.45, 7) is 0. The number of anilines is 1. The van der Waals surface area contributed by atoms with Crippen LogP contribution >= 0.6 is 0 Å². The lowest BCUT2D eigenvalue weighted by Gasteiger charge is -2.09. The van der Waals surface area contributed by atoms with Crippen LogP contribution in [0.2, 0.25) is 0 Å². The third kappa shape index (κ3) is 3.98. The molecular formula is C14H13N3O6S. The van der Waals surface area contributed by atoms with Gasteiger partial charge in [-0.25, -0.2) is 17.9 Å². The highest BCUT2D eigenvalue weighted by molar-refractivity contribution is 7.90. The molecule has 0 unspecified atom stereocenters. The number of hydrogen-bond acceptors (Lipinski definition) is 6. The molecule has 0 spiro atoms. The van der Waals surface area contributed by atoms with Gasteiger partial charge in [0, 0.05) is 11.8 Å². The van der Waals surface area contributed by atoms with Gasteiger partial charge in [0.15, 0.2) is 5.75 Å². The molecule has 24 heavy (non-hydrogen) atoms. The Balaban J connectivity index is 2.22. The van der Waals surface area contributed by atoms with Gasteiger partial charge in [-0.2, -0.15) is 0 Å². The number of nitrogens with one attached hydrogen (secondary N) is 2. The molecule has 0 fully saturated rings. The van der Waals surface area contributed by atoms with Crippen LogP contribution in [0.3, 0.4) is 0 Å². The van der Waals surface area contributed by atoms with Crippen molar-refractivity contribution in [3.63, 3.8) is 0 Å². The van der Waals surface area contributed by atoms with Crippen molar-refractivity contribution in [2.45, 2.75) is 4.90 Å². The van der Waals surface area contributed by atoms with Crippen LogP contribution in [-0.4, -0.2) is 26.5 Å². The zero-order chi connectivity index (χ0) is 17.7. The van der Waals surface area contributed by atoms with Crippen molar-refractivity contribution in [3.05, 3.63) is 58.6 Å². The van der Waals surface area contributed by atoms with Crippen molar-refractivity contribution in [1.29, 1.82) is 0 Å². The van der Waals surface area contributed by atoms with Gasteiger partial charge in [0.2, 0.25) is 0 Å². The maximum atomic E-state index is 12.2. The maximum Gasteiger partial charge on any atom is 0.333 e. The first-order chi connectivity index (χ1) is 11.3. The monoisotopic (exact) mass is 351 g/mol. The van der Waals surface area contributed by atoms with E-state index in [1.54, 1.807) is 35.1 Å². The van der Waals surface area contributed by atoms with Crippen LogP contribution in [0.25, 0.3) is 0 Å². The molecule has 0 saturated carbocycles. The normalized spacial score (nSPS) is 10.7. The number of benzene rings is 2. The SMILES string of the molecule is COc1ccc(S(=O)(=O)NC(=O)Nc2ccccc2)cc1[N+](=O)[O-]. The summed E-state index contributed by atoms with van der Waals surface area (Å²) in [5.41, 5.74) is -0.130. The van der Waals surface area contributed by atoms with Crippen LogP contribution < -0.4 is 14.8 Å². The number of sulfonamides is 1. The number of carbonyl (C=O) groups is 1. The molecule has 0 aliphatic rings. The third-order valence-corrected chi connectivity index (χ3v) is 4.24. The molecular weight excluding hydrogens is 338 g/mol. The molecule has 2 rings (SSSR count). The highest BCUT2D eigenvalue weighted by Crippen LogP contribution is 2.29. The first kappa shape index (κ1) is 17.2. The van der Waals surface area contributed by atoms with Gasteiger partial charge in [-0.1, -0.05) is 18.2 Å². The van der Waals surface area contributed by atoms with E-state index < -0.39 is 31.6 Å². The first-order valence-electron chi connectivity index (χ1n) is 6.55. The second-order valence-corrected chi connectivity index (χ2v) is 6.20. The number of nitro benzene ring substituents is 1. The van der Waals surface area contributed by atoms with Crippen LogP contribution in [0.5, 0.6) is 5.75 Å². The topological polar surface area (TPSA) is 128 Å². The summed E-state index contributed by atoms with van der Waals surface area (Å²) in [7, 11) is -3.06. The van der Waals surface area contributed by atoms with E-state index in [9.17, 15) is 23.3 Å². The standard InChI is InChI=1S/C14H13N3O6S/c1-23-13-8-7-11(9-12(13)17(19)20)24(21,22)16-14(18)15-10-5-3-2-4-6-10/h2-9H,1H3,(H2,15,16,18). The van der Waals surface area contributed by atoms with Crippen molar-refractivity contribution in [3.8, 4) is 5.75 Å². The molecule has 0 radical (unpaired) electrons. The second-order valence-electron chi connectivity index (χ2n) is 4.52. The summed E-state index contributed by atoms with van der Waals surface area (Å²) in [6.07, 6.45) is 0. The van der Waals surface area contributed by atoms with E-state index >= 15 is 0 Å². The van der Waals surface area contributed by atoms with E-state index in [-0.39, 0.29) is 5.75 Å². The molecule has 0 aromatic heterocycles. The Morgan fingerprint density at radius 3 is 2.42 bits per heavy atom. The second kappa shape index (κ2) is 6.96. The predicted molar refractivity (Wildman–Crippen MR) is 85.4 cm³/mol. The van der Waals surface area contributed by atoms with Crippen LogP contribution in [0.4, 0.5) is 16.2 Å². The summed E-state index contributed by atoms with van der Waals surface area (Å²) in [5.74, 6) is -0.0901. The zero-order valence-corrected chi connectivity index (χ0v) is 13.2. The van der Waals surface area contributed by atoms with Gasteiger partial charge >= 0.3 is 11.7 Å². The number of para-hydroxylation sites is 1. The number of amides is 2. The number of carbonyl (C=O) groups excluding carboxylic acids is 1. The summed E-state index contributed by atoms with van der Waals surface area (Å²) >= 11 is 0. The highest BCUT2D eigenvalue weighted by Gasteiger charge is 2.23. The van der Waals surface area contributed by atoms with Crippen molar-refractivity contribution < 1.29 is 22.9 Å². The Morgan fingerprint density at radius 1 is 1.17 bits per heavy atom. The maximum absolute atomic E-state index is 12.2. The molecule has 0 atom stereocenters. The van der Waals surface area contributed by atoms with E-state index in [0.717, 1.165) is 18.2 Å². The van der Waals surface area contributed by atoms with Crippen molar-refractivity contribution in [2.24, 2.45) is 0 Å². The van der Waals surface area contributed by atoms with Gasteiger partial charge in [-0.3, -0.25) is 10.1 Å². The molecule has 10 heteroatoms. The van der Waals surface area contributed by atoms with E-state index in [0.29, 0.717) is 5.69 Å². The molecule has 0 heterocycles. The number of urea groups is 1. The molecule has 2 aromatic rings. The summed E-state index contributed by atoms with van der Waals surface area (Å²) in [6, 6.07) is 10.3. The summed E-state index contributed by atoms with van der Waals surface area (Å²) in [4.78, 5) is 21.5. The fourth-order valence-corrected chi connectivity index (χ4v) is 2.77. The van der Waals surface area contributed by atoms with E-state index in [1.165, 1.54) is 7.11 Å². The average Bonchev–Trinajstić information content (AvgIpc) is 2.54. The van der Waals surface area contributed by atoms with Gasteiger partial charge in [-0.05, 0) is 24.3 Å². The highest BCUT2D eigenvalue weighted by atomic mass is 32.2. The Morgan fingerprint density at radius 2 is 1.83 bits per heavy atom. The van der Waals surface area contributed by atoms with Gasteiger partial charge in [-0.15, -0.1) is 0 Å². The third-order valence-electron chi connectivity index (χ3n) is 2.92. The summed E-state index contributed by atoms with van der Waals surface area (Å²) < 4.78 is 30.9. The molecule has 0 bridgehead atoms. The molecule has 126 valence electrons. The Hall–Kier alpha value is -3.14. The van der Waals surface area contributed by atoms with Crippen molar-refractivity contribution in [1.82, 2.24) is 4.72 Å². The van der Waals surface area contributed by atoms with Gasteiger partial charge < -0.3 is 10.1 Å². The van der Waals surface area contributed by atoms with Crippen LogP contribution in [-0.2, 0) is 10.0 Å². The lowest BCUT2D eigenvalue weighted by atomic mass is 10.3. The Kier molecular flexibility index (Phi) is 4.99. The lowest BCUT2D eigenvalue weighted by molar-refractivity contribution is -0.386. The Labute approximate surface area is 137 Å². The first-order valence-corrected chi connectivity index (χ1v) is 8.03. The smallest absolute Gasteiger partial charge is 0.333 e. The minimum atomic E-state index is -4.28.